The summed E-state index contributed by atoms with van der Waals surface area (Å²) in [6.07, 6.45) is 2.56. The summed E-state index contributed by atoms with van der Waals surface area (Å²) >= 11 is 0. The summed E-state index contributed by atoms with van der Waals surface area (Å²) in [5, 5.41) is 22.7. The van der Waals surface area contributed by atoms with E-state index in [9.17, 15) is 4.79 Å². The number of aliphatic carboxylic acids is 2. The Morgan fingerprint density at radius 1 is 0.944 bits per heavy atom. The molecule has 0 saturated carbocycles. The third kappa shape index (κ3) is 8.06. The Morgan fingerprint density at radius 2 is 1.44 bits per heavy atom. The van der Waals surface area contributed by atoms with Crippen LogP contribution in [0.1, 0.15) is 6.42 Å². The standard InChI is InChI=1S/C23H26N4O3.C2H2O4/c1-4-14-24-15-5-16-27-23(28)25-21(17-6-10-19(29-2)11-7-17)22(26-27)18-8-12-20(30-3)13-9-18;3-1(4)2(5)6/h4,6-13,24H,1,5,14-16H2,2-3H3;(H,3,4)(H,5,6). The second-order valence-corrected chi connectivity index (χ2v) is 7.23. The summed E-state index contributed by atoms with van der Waals surface area (Å²) in [6.45, 7) is 5.65. The van der Waals surface area contributed by atoms with Gasteiger partial charge >= 0.3 is 17.6 Å². The van der Waals surface area contributed by atoms with E-state index in [1.54, 1.807) is 20.3 Å². The maximum atomic E-state index is 12.6. The number of carboxylic acids is 2. The van der Waals surface area contributed by atoms with Crippen LogP contribution in [0.4, 0.5) is 0 Å². The molecular formula is C25H28N4O7. The number of carboxylic acid groups (broad SMARTS) is 2. The van der Waals surface area contributed by atoms with Crippen LogP contribution in [0.2, 0.25) is 0 Å². The van der Waals surface area contributed by atoms with E-state index in [-0.39, 0.29) is 5.69 Å². The maximum Gasteiger partial charge on any atom is 0.414 e. The molecule has 0 aliphatic carbocycles. The van der Waals surface area contributed by atoms with E-state index in [1.165, 1.54) is 4.68 Å². The van der Waals surface area contributed by atoms with E-state index in [2.05, 4.69) is 22.0 Å². The van der Waals surface area contributed by atoms with E-state index in [4.69, 9.17) is 29.3 Å². The highest BCUT2D eigenvalue weighted by Crippen LogP contribution is 2.29. The lowest BCUT2D eigenvalue weighted by Gasteiger charge is -2.12. The molecule has 190 valence electrons. The number of nitrogens with one attached hydrogen (secondary N) is 1. The lowest BCUT2D eigenvalue weighted by molar-refractivity contribution is -0.159. The molecule has 1 heterocycles. The molecule has 1 aromatic heterocycles. The van der Waals surface area contributed by atoms with E-state index < -0.39 is 11.9 Å². The van der Waals surface area contributed by atoms with Crippen LogP contribution < -0.4 is 20.5 Å². The molecule has 3 N–H and O–H groups in total. The molecule has 0 aliphatic rings. The van der Waals surface area contributed by atoms with Crippen molar-refractivity contribution < 1.29 is 29.3 Å². The average molecular weight is 497 g/mol. The normalized spacial score (nSPS) is 10.1. The van der Waals surface area contributed by atoms with E-state index in [0.29, 0.717) is 17.9 Å². The number of aryl methyl sites for hydroxylation is 1. The minimum absolute atomic E-state index is 0.373. The molecule has 0 spiro atoms. The largest absolute Gasteiger partial charge is 0.497 e. The van der Waals surface area contributed by atoms with Crippen molar-refractivity contribution in [1.29, 1.82) is 0 Å². The van der Waals surface area contributed by atoms with Crippen LogP contribution in [0.15, 0.2) is 66.0 Å². The fraction of sp³-hybridized carbons (Fsp3) is 0.240. The van der Waals surface area contributed by atoms with Gasteiger partial charge in [0.25, 0.3) is 0 Å². The molecule has 0 unspecified atom stereocenters. The summed E-state index contributed by atoms with van der Waals surface area (Å²) < 4.78 is 11.9. The Bertz CT molecular complexity index is 1210. The molecule has 0 bridgehead atoms. The van der Waals surface area contributed by atoms with Crippen molar-refractivity contribution in [1.82, 2.24) is 20.1 Å². The summed E-state index contributed by atoms with van der Waals surface area (Å²) in [6, 6.07) is 15.0. The fourth-order valence-corrected chi connectivity index (χ4v) is 3.01. The zero-order valence-corrected chi connectivity index (χ0v) is 20.0. The van der Waals surface area contributed by atoms with Crippen LogP contribution in [0, 0.1) is 0 Å². The third-order valence-electron chi connectivity index (χ3n) is 4.80. The van der Waals surface area contributed by atoms with Gasteiger partial charge in [-0.1, -0.05) is 6.08 Å². The number of methoxy groups -OCH3 is 2. The number of carbonyl (C=O) groups is 2. The minimum Gasteiger partial charge on any atom is -0.497 e. The van der Waals surface area contributed by atoms with E-state index in [0.717, 1.165) is 42.1 Å². The van der Waals surface area contributed by atoms with Gasteiger partial charge in [-0.05, 0) is 61.5 Å². The molecule has 2 aromatic carbocycles. The van der Waals surface area contributed by atoms with Crippen molar-refractivity contribution >= 4 is 11.9 Å². The van der Waals surface area contributed by atoms with Crippen LogP contribution in [0.5, 0.6) is 11.5 Å². The quantitative estimate of drug-likeness (QED) is 0.216. The highest BCUT2D eigenvalue weighted by Gasteiger charge is 2.15. The van der Waals surface area contributed by atoms with E-state index >= 15 is 0 Å². The first kappa shape index (κ1) is 27.7. The van der Waals surface area contributed by atoms with Crippen LogP contribution in [0.25, 0.3) is 22.5 Å². The van der Waals surface area contributed by atoms with Crippen molar-refractivity contribution in [3.8, 4) is 34.0 Å². The Kier molecular flexibility index (Phi) is 10.8. The zero-order valence-electron chi connectivity index (χ0n) is 20.0. The second kappa shape index (κ2) is 14.0. The Labute approximate surface area is 207 Å². The summed E-state index contributed by atoms with van der Waals surface area (Å²) in [5.41, 5.74) is 2.45. The number of hydrogen-bond acceptors (Lipinski definition) is 8. The van der Waals surface area contributed by atoms with E-state index in [1.807, 2.05) is 48.5 Å². The molecule has 0 aliphatic heterocycles. The van der Waals surface area contributed by atoms with Gasteiger partial charge in [0, 0.05) is 24.2 Å². The van der Waals surface area contributed by atoms with Gasteiger partial charge in [0.2, 0.25) is 0 Å². The predicted octanol–water partition coefficient (Wildman–Crippen LogP) is 2.31. The van der Waals surface area contributed by atoms with Gasteiger partial charge in [0.15, 0.2) is 0 Å². The molecular weight excluding hydrogens is 468 g/mol. The Hall–Kier alpha value is -4.51. The van der Waals surface area contributed by atoms with Crippen molar-refractivity contribution in [3.05, 3.63) is 71.7 Å². The van der Waals surface area contributed by atoms with Crippen LogP contribution in [-0.4, -0.2) is 64.2 Å². The molecule has 0 fully saturated rings. The molecule has 11 nitrogen and oxygen atoms in total. The first-order valence-corrected chi connectivity index (χ1v) is 10.9. The lowest BCUT2D eigenvalue weighted by Crippen LogP contribution is -2.28. The molecule has 11 heteroatoms. The molecule has 3 rings (SSSR count). The van der Waals surface area contributed by atoms with Crippen LogP contribution in [-0.2, 0) is 16.1 Å². The zero-order chi connectivity index (χ0) is 26.5. The van der Waals surface area contributed by atoms with Crippen molar-refractivity contribution in [2.24, 2.45) is 0 Å². The molecule has 3 aromatic rings. The van der Waals surface area contributed by atoms with Crippen LogP contribution >= 0.6 is 0 Å². The summed E-state index contributed by atoms with van der Waals surface area (Å²) in [7, 11) is 3.24. The number of nitrogens with zero attached hydrogens (tertiary/aromatic N) is 3. The maximum absolute atomic E-state index is 12.6. The van der Waals surface area contributed by atoms with Crippen LogP contribution in [0.3, 0.4) is 0 Å². The summed E-state index contributed by atoms with van der Waals surface area (Å²) in [4.78, 5) is 35.2. The minimum atomic E-state index is -1.82. The first-order chi connectivity index (χ1) is 17.3. The van der Waals surface area contributed by atoms with Gasteiger partial charge in [-0.2, -0.15) is 10.1 Å². The fourth-order valence-electron chi connectivity index (χ4n) is 3.01. The van der Waals surface area contributed by atoms with Gasteiger partial charge in [-0.3, -0.25) is 0 Å². The third-order valence-corrected chi connectivity index (χ3v) is 4.80. The highest BCUT2D eigenvalue weighted by molar-refractivity contribution is 6.27. The molecule has 0 saturated heterocycles. The lowest BCUT2D eigenvalue weighted by atomic mass is 10.0. The molecule has 0 amide bonds. The number of benzene rings is 2. The molecule has 0 radical (unpaired) electrons. The topological polar surface area (TPSA) is 153 Å². The molecule has 36 heavy (non-hydrogen) atoms. The number of aromatic nitrogens is 3. The Balaban J connectivity index is 0.000000678. The first-order valence-electron chi connectivity index (χ1n) is 10.9. The number of hydrogen-bond donors (Lipinski definition) is 3. The smallest absolute Gasteiger partial charge is 0.414 e. The van der Waals surface area contributed by atoms with Gasteiger partial charge in [-0.15, -0.1) is 6.58 Å². The molecule has 0 atom stereocenters. The summed E-state index contributed by atoms with van der Waals surface area (Å²) in [5.74, 6) is -2.16. The van der Waals surface area contributed by atoms with Crippen molar-refractivity contribution in [2.45, 2.75) is 13.0 Å². The van der Waals surface area contributed by atoms with Gasteiger partial charge in [0.1, 0.15) is 22.9 Å². The van der Waals surface area contributed by atoms with Crippen molar-refractivity contribution in [3.63, 3.8) is 0 Å². The SMILES string of the molecule is C=CCNCCCn1nc(-c2ccc(OC)cc2)c(-c2ccc(OC)cc2)nc1=O.O=C(O)C(=O)O. The van der Waals surface area contributed by atoms with Gasteiger partial charge < -0.3 is 25.0 Å². The van der Waals surface area contributed by atoms with Gasteiger partial charge in [0.05, 0.1) is 14.2 Å². The Morgan fingerprint density at radius 3 is 1.89 bits per heavy atom. The second-order valence-electron chi connectivity index (χ2n) is 7.23. The highest BCUT2D eigenvalue weighted by atomic mass is 16.5. The predicted molar refractivity (Wildman–Crippen MR) is 133 cm³/mol. The average Bonchev–Trinajstić information content (AvgIpc) is 2.89. The number of rotatable bonds is 10. The number of ether oxygens (including phenoxy) is 2. The van der Waals surface area contributed by atoms with Gasteiger partial charge in [-0.25, -0.2) is 19.1 Å². The van der Waals surface area contributed by atoms with Crippen molar-refractivity contribution in [2.75, 3.05) is 27.3 Å². The monoisotopic (exact) mass is 496 g/mol.